The summed E-state index contributed by atoms with van der Waals surface area (Å²) in [5, 5.41) is 18.2. The van der Waals surface area contributed by atoms with Crippen molar-refractivity contribution in [2.24, 2.45) is 0 Å². The van der Waals surface area contributed by atoms with Gasteiger partial charge < -0.3 is 15.7 Å². The van der Waals surface area contributed by atoms with Gasteiger partial charge in [-0.15, -0.1) is 11.3 Å². The van der Waals surface area contributed by atoms with Crippen LogP contribution in [0.15, 0.2) is 47.8 Å². The van der Waals surface area contributed by atoms with E-state index in [1.54, 1.807) is 24.3 Å². The zero-order valence-corrected chi connectivity index (χ0v) is 14.2. The highest BCUT2D eigenvalue weighted by atomic mass is 32.1. The first-order valence-electron chi connectivity index (χ1n) is 7.56. The first-order valence-corrected chi connectivity index (χ1v) is 8.44. The van der Waals surface area contributed by atoms with Crippen LogP contribution in [0.25, 0.3) is 11.3 Å². The van der Waals surface area contributed by atoms with Crippen LogP contribution in [-0.4, -0.2) is 16.0 Å². The lowest BCUT2D eigenvalue weighted by Crippen LogP contribution is -2.05. The van der Waals surface area contributed by atoms with Crippen LogP contribution in [0.1, 0.15) is 12.5 Å². The molecule has 0 aliphatic carbocycles. The molecule has 0 fully saturated rings. The molecule has 1 aromatic heterocycles. The van der Waals surface area contributed by atoms with E-state index >= 15 is 0 Å². The first kappa shape index (κ1) is 16.9. The molecule has 0 atom stereocenters. The van der Waals surface area contributed by atoms with Crippen LogP contribution >= 0.6 is 11.3 Å². The summed E-state index contributed by atoms with van der Waals surface area (Å²) in [4.78, 5) is 15.7. The summed E-state index contributed by atoms with van der Waals surface area (Å²) in [5.74, 6) is -0.515. The second-order valence-electron chi connectivity index (χ2n) is 5.43. The van der Waals surface area contributed by atoms with E-state index in [1.165, 1.54) is 36.5 Å². The average molecular weight is 357 g/mol. The number of nitrogens with zero attached hydrogens (tertiary/aromatic N) is 1. The Labute approximate surface area is 148 Å². The molecule has 2 aromatic carbocycles. The summed E-state index contributed by atoms with van der Waals surface area (Å²) >= 11 is 1.44. The molecule has 0 saturated heterocycles. The van der Waals surface area contributed by atoms with Crippen LogP contribution in [0.4, 0.5) is 15.2 Å². The Morgan fingerprint density at radius 3 is 2.72 bits per heavy atom. The van der Waals surface area contributed by atoms with Crippen molar-refractivity contribution in [2.75, 3.05) is 10.6 Å². The summed E-state index contributed by atoms with van der Waals surface area (Å²) in [6.45, 7) is 1.92. The zero-order chi connectivity index (χ0) is 17.8. The summed E-state index contributed by atoms with van der Waals surface area (Å²) in [6, 6.07) is 11.2. The van der Waals surface area contributed by atoms with E-state index in [0.717, 1.165) is 22.0 Å². The Balaban J connectivity index is 1.72. The lowest BCUT2D eigenvalue weighted by atomic mass is 10.1. The fraction of sp³-hybridized carbons (Fsp3) is 0.111. The molecule has 3 aromatic rings. The standard InChI is InChI=1S/C18H16FN3O2S/c1-11(23)21-15-8-13(4-7-17(15)24)16-10-25-18(22-16)20-9-12-2-5-14(19)6-3-12/h2-8,10,24H,9H2,1H3,(H,20,22)(H,21,23). The van der Waals surface area contributed by atoms with Crippen molar-refractivity contribution in [2.45, 2.75) is 13.5 Å². The average Bonchev–Trinajstić information content (AvgIpc) is 3.05. The van der Waals surface area contributed by atoms with E-state index in [2.05, 4.69) is 15.6 Å². The predicted molar refractivity (Wildman–Crippen MR) is 97.2 cm³/mol. The van der Waals surface area contributed by atoms with Gasteiger partial charge in [-0.25, -0.2) is 9.37 Å². The van der Waals surface area contributed by atoms with Crippen molar-refractivity contribution < 1.29 is 14.3 Å². The highest BCUT2D eigenvalue weighted by Gasteiger charge is 2.09. The van der Waals surface area contributed by atoms with Crippen LogP contribution in [-0.2, 0) is 11.3 Å². The van der Waals surface area contributed by atoms with E-state index in [9.17, 15) is 14.3 Å². The Morgan fingerprint density at radius 1 is 1.24 bits per heavy atom. The molecule has 0 aliphatic rings. The minimum absolute atomic E-state index is 0.00355. The van der Waals surface area contributed by atoms with Crippen molar-refractivity contribution in [3.63, 3.8) is 0 Å². The van der Waals surface area contributed by atoms with Gasteiger partial charge in [0.2, 0.25) is 5.91 Å². The van der Waals surface area contributed by atoms with Crippen molar-refractivity contribution >= 4 is 28.1 Å². The van der Waals surface area contributed by atoms with Crippen LogP contribution in [0, 0.1) is 5.82 Å². The number of thiazole rings is 1. The minimum Gasteiger partial charge on any atom is -0.506 e. The number of aromatic nitrogens is 1. The fourth-order valence-electron chi connectivity index (χ4n) is 2.25. The zero-order valence-electron chi connectivity index (χ0n) is 13.4. The molecule has 0 bridgehead atoms. The number of carbonyl (C=O) groups is 1. The number of hydrogen-bond acceptors (Lipinski definition) is 5. The first-order chi connectivity index (χ1) is 12.0. The minimum atomic E-state index is -0.261. The van der Waals surface area contributed by atoms with E-state index in [-0.39, 0.29) is 17.5 Å². The Morgan fingerprint density at radius 2 is 2.00 bits per heavy atom. The van der Waals surface area contributed by atoms with Crippen molar-refractivity contribution in [1.29, 1.82) is 0 Å². The summed E-state index contributed by atoms with van der Waals surface area (Å²) in [6.07, 6.45) is 0. The molecule has 128 valence electrons. The molecular weight excluding hydrogens is 341 g/mol. The number of hydrogen-bond donors (Lipinski definition) is 3. The highest BCUT2D eigenvalue weighted by Crippen LogP contribution is 2.31. The van der Waals surface area contributed by atoms with Gasteiger partial charge in [-0.1, -0.05) is 12.1 Å². The normalized spacial score (nSPS) is 10.5. The third kappa shape index (κ3) is 4.33. The van der Waals surface area contributed by atoms with Crippen molar-refractivity contribution in [1.82, 2.24) is 4.98 Å². The number of anilines is 2. The van der Waals surface area contributed by atoms with E-state index < -0.39 is 0 Å². The smallest absolute Gasteiger partial charge is 0.221 e. The SMILES string of the molecule is CC(=O)Nc1cc(-c2csc(NCc3ccc(F)cc3)n2)ccc1O. The molecule has 0 saturated carbocycles. The van der Waals surface area contributed by atoms with Gasteiger partial charge in [-0.3, -0.25) is 4.79 Å². The van der Waals surface area contributed by atoms with E-state index in [0.29, 0.717) is 12.2 Å². The number of phenols is 1. The molecular formula is C18H16FN3O2S. The van der Waals surface area contributed by atoms with Crippen molar-refractivity contribution in [3.8, 4) is 17.0 Å². The number of carbonyl (C=O) groups excluding carboxylic acids is 1. The number of aromatic hydroxyl groups is 1. The van der Waals surface area contributed by atoms with Crippen molar-refractivity contribution in [3.05, 3.63) is 59.2 Å². The number of amides is 1. The Bertz CT molecular complexity index is 894. The van der Waals surface area contributed by atoms with Gasteiger partial charge in [0.05, 0.1) is 11.4 Å². The van der Waals surface area contributed by atoms with Gasteiger partial charge in [0, 0.05) is 24.4 Å². The molecule has 1 heterocycles. The van der Waals surface area contributed by atoms with Gasteiger partial charge in [0.1, 0.15) is 11.6 Å². The third-order valence-corrected chi connectivity index (χ3v) is 4.26. The number of phenolic OH excluding ortho intramolecular Hbond substituents is 1. The number of rotatable bonds is 5. The number of nitrogens with one attached hydrogen (secondary N) is 2. The van der Waals surface area contributed by atoms with Crippen LogP contribution in [0.5, 0.6) is 5.75 Å². The molecule has 0 spiro atoms. The van der Waals surface area contributed by atoms with Crippen LogP contribution < -0.4 is 10.6 Å². The van der Waals surface area contributed by atoms with Crippen LogP contribution in [0.3, 0.4) is 0 Å². The van der Waals surface area contributed by atoms with Gasteiger partial charge in [-0.05, 0) is 35.9 Å². The van der Waals surface area contributed by atoms with E-state index in [1.807, 2.05) is 5.38 Å². The second kappa shape index (κ2) is 7.31. The van der Waals surface area contributed by atoms with Crippen LogP contribution in [0.2, 0.25) is 0 Å². The maximum absolute atomic E-state index is 12.9. The maximum atomic E-state index is 12.9. The predicted octanol–water partition coefficient (Wildman–Crippen LogP) is 4.23. The Kier molecular flexibility index (Phi) is 4.95. The summed E-state index contributed by atoms with van der Waals surface area (Å²) in [7, 11) is 0. The van der Waals surface area contributed by atoms with E-state index in [4.69, 9.17) is 0 Å². The second-order valence-corrected chi connectivity index (χ2v) is 6.29. The molecule has 25 heavy (non-hydrogen) atoms. The molecule has 3 N–H and O–H groups in total. The third-order valence-electron chi connectivity index (χ3n) is 3.46. The van der Waals surface area contributed by atoms with Gasteiger partial charge in [-0.2, -0.15) is 0 Å². The molecule has 5 nitrogen and oxygen atoms in total. The highest BCUT2D eigenvalue weighted by molar-refractivity contribution is 7.14. The molecule has 1 amide bonds. The summed E-state index contributed by atoms with van der Waals surface area (Å²) in [5.41, 5.74) is 2.82. The molecule has 7 heteroatoms. The van der Waals surface area contributed by atoms with Gasteiger partial charge >= 0.3 is 0 Å². The lowest BCUT2D eigenvalue weighted by Gasteiger charge is -2.07. The number of benzene rings is 2. The molecule has 0 radical (unpaired) electrons. The lowest BCUT2D eigenvalue weighted by molar-refractivity contribution is -0.114. The van der Waals surface area contributed by atoms with Gasteiger partial charge in [0.15, 0.2) is 5.13 Å². The molecule has 0 aliphatic heterocycles. The largest absolute Gasteiger partial charge is 0.506 e. The fourth-order valence-corrected chi connectivity index (χ4v) is 2.97. The number of halogens is 1. The summed E-state index contributed by atoms with van der Waals surface area (Å²) < 4.78 is 12.9. The Hall–Kier alpha value is -2.93. The molecule has 3 rings (SSSR count). The topological polar surface area (TPSA) is 74.2 Å². The van der Waals surface area contributed by atoms with Gasteiger partial charge in [0.25, 0.3) is 0 Å². The quantitative estimate of drug-likeness (QED) is 0.598. The monoisotopic (exact) mass is 357 g/mol. The molecule has 0 unspecified atom stereocenters. The maximum Gasteiger partial charge on any atom is 0.221 e.